The molecule has 0 spiro atoms. The van der Waals surface area contributed by atoms with Gasteiger partial charge in [0.1, 0.15) is 17.3 Å². The summed E-state index contributed by atoms with van der Waals surface area (Å²) < 4.78 is 10.3. The van der Waals surface area contributed by atoms with Gasteiger partial charge in [-0.3, -0.25) is 14.5 Å². The molecule has 0 bridgehead atoms. The highest BCUT2D eigenvalue weighted by atomic mass is 16.5. The Labute approximate surface area is 124 Å². The molecule has 114 valence electrons. The lowest BCUT2D eigenvalue weighted by Gasteiger charge is -2.25. The second-order valence-corrected chi connectivity index (χ2v) is 4.96. The Balaban J connectivity index is 1.94. The number of nitrogens with zero attached hydrogens (tertiary/aromatic N) is 1. The highest BCUT2D eigenvalue weighted by Crippen LogP contribution is 2.25. The van der Waals surface area contributed by atoms with Crippen LogP contribution in [0.5, 0.6) is 11.5 Å². The number of hydrogen-bond donors (Lipinski definition) is 1. The first-order valence-electron chi connectivity index (χ1n) is 6.87. The van der Waals surface area contributed by atoms with Gasteiger partial charge in [0.15, 0.2) is 0 Å². The van der Waals surface area contributed by atoms with E-state index < -0.39 is 0 Å². The van der Waals surface area contributed by atoms with Crippen molar-refractivity contribution in [3.8, 4) is 11.5 Å². The van der Waals surface area contributed by atoms with E-state index in [9.17, 15) is 9.59 Å². The number of carbonyl (C=O) groups is 2. The number of piperidine rings is 1. The molecule has 0 aliphatic carbocycles. The van der Waals surface area contributed by atoms with Crippen LogP contribution in [0.2, 0.25) is 0 Å². The molecule has 1 N–H and O–H groups in total. The zero-order valence-electron chi connectivity index (χ0n) is 12.3. The third-order valence-corrected chi connectivity index (χ3v) is 3.42. The van der Waals surface area contributed by atoms with Gasteiger partial charge in [-0.1, -0.05) is 0 Å². The van der Waals surface area contributed by atoms with Crippen LogP contribution in [0, 0.1) is 0 Å². The Morgan fingerprint density at radius 2 is 1.71 bits per heavy atom. The molecule has 1 heterocycles. The molecule has 0 aromatic heterocycles. The van der Waals surface area contributed by atoms with Gasteiger partial charge in [-0.05, 0) is 0 Å². The number of hydrogen-bond acceptors (Lipinski definition) is 5. The molecule has 6 nitrogen and oxygen atoms in total. The van der Waals surface area contributed by atoms with Gasteiger partial charge < -0.3 is 14.8 Å². The smallest absolute Gasteiger partial charge is 0.238 e. The fourth-order valence-corrected chi connectivity index (χ4v) is 2.24. The number of rotatable bonds is 5. The Morgan fingerprint density at radius 1 is 1.14 bits per heavy atom. The molecule has 1 fully saturated rings. The molecule has 0 atom stereocenters. The van der Waals surface area contributed by atoms with E-state index in [0.29, 0.717) is 43.1 Å². The molecule has 0 saturated carbocycles. The predicted molar refractivity (Wildman–Crippen MR) is 78.9 cm³/mol. The number of likely N-dealkylation sites (tertiary alicyclic amines) is 1. The SMILES string of the molecule is COc1cc(NC(=O)CN2CCC(=O)CC2)cc(OC)c1. The number of nitrogens with one attached hydrogen (secondary N) is 1. The standard InChI is InChI=1S/C15H20N2O4/c1-20-13-7-11(8-14(9-13)21-2)16-15(19)10-17-5-3-12(18)4-6-17/h7-9H,3-6,10H2,1-2H3,(H,16,19). The summed E-state index contributed by atoms with van der Waals surface area (Å²) in [5.41, 5.74) is 0.629. The molecular formula is C15H20N2O4. The third kappa shape index (κ3) is 4.46. The third-order valence-electron chi connectivity index (χ3n) is 3.42. The molecule has 0 unspecified atom stereocenters. The Kier molecular flexibility index (Phi) is 5.16. The van der Waals surface area contributed by atoms with Gasteiger partial charge in [0.25, 0.3) is 0 Å². The molecule has 2 rings (SSSR count). The average molecular weight is 292 g/mol. The number of carbonyl (C=O) groups excluding carboxylic acids is 2. The highest BCUT2D eigenvalue weighted by Gasteiger charge is 2.18. The van der Waals surface area contributed by atoms with Crippen molar-refractivity contribution in [1.29, 1.82) is 0 Å². The second kappa shape index (κ2) is 7.08. The fraction of sp³-hybridized carbons (Fsp3) is 0.467. The van der Waals surface area contributed by atoms with E-state index in [2.05, 4.69) is 5.32 Å². The van der Waals surface area contributed by atoms with Gasteiger partial charge in [-0.2, -0.15) is 0 Å². The van der Waals surface area contributed by atoms with E-state index in [1.807, 2.05) is 4.90 Å². The number of ketones is 1. The number of benzene rings is 1. The van der Waals surface area contributed by atoms with E-state index in [0.717, 1.165) is 0 Å². The quantitative estimate of drug-likeness (QED) is 0.886. The largest absolute Gasteiger partial charge is 0.497 e. The van der Waals surface area contributed by atoms with Crippen molar-refractivity contribution in [3.05, 3.63) is 18.2 Å². The van der Waals surface area contributed by atoms with Crippen molar-refractivity contribution in [2.45, 2.75) is 12.8 Å². The second-order valence-electron chi connectivity index (χ2n) is 4.96. The molecular weight excluding hydrogens is 272 g/mol. The molecule has 1 saturated heterocycles. The number of methoxy groups -OCH3 is 2. The molecule has 0 radical (unpaired) electrons. The fourth-order valence-electron chi connectivity index (χ4n) is 2.24. The summed E-state index contributed by atoms with van der Waals surface area (Å²) >= 11 is 0. The van der Waals surface area contributed by atoms with Gasteiger partial charge in [0, 0.05) is 49.8 Å². The van der Waals surface area contributed by atoms with Gasteiger partial charge in [0.2, 0.25) is 5.91 Å². The van der Waals surface area contributed by atoms with Crippen LogP contribution in [0.4, 0.5) is 5.69 Å². The van der Waals surface area contributed by atoms with E-state index >= 15 is 0 Å². The Morgan fingerprint density at radius 3 is 2.24 bits per heavy atom. The molecule has 1 aliphatic heterocycles. The summed E-state index contributed by atoms with van der Waals surface area (Å²) in [6.07, 6.45) is 1.06. The molecule has 1 amide bonds. The minimum Gasteiger partial charge on any atom is -0.497 e. The lowest BCUT2D eigenvalue weighted by Crippen LogP contribution is -2.39. The van der Waals surface area contributed by atoms with Crippen LogP contribution in [0.15, 0.2) is 18.2 Å². The van der Waals surface area contributed by atoms with Crippen LogP contribution in [0.25, 0.3) is 0 Å². The maximum absolute atomic E-state index is 12.0. The lowest BCUT2D eigenvalue weighted by molar-refractivity contribution is -0.124. The number of anilines is 1. The van der Waals surface area contributed by atoms with Gasteiger partial charge >= 0.3 is 0 Å². The van der Waals surface area contributed by atoms with Crippen LogP contribution in [-0.2, 0) is 9.59 Å². The van der Waals surface area contributed by atoms with Crippen LogP contribution in [-0.4, -0.2) is 50.4 Å². The first kappa shape index (κ1) is 15.3. The first-order chi connectivity index (χ1) is 10.1. The molecule has 1 aromatic rings. The van der Waals surface area contributed by atoms with Crippen molar-refractivity contribution in [1.82, 2.24) is 4.90 Å². The normalized spacial score (nSPS) is 15.6. The van der Waals surface area contributed by atoms with E-state index in [1.165, 1.54) is 0 Å². The minimum atomic E-state index is -0.111. The molecule has 1 aromatic carbocycles. The van der Waals surface area contributed by atoms with E-state index in [1.54, 1.807) is 32.4 Å². The molecule has 6 heteroatoms. The minimum absolute atomic E-state index is 0.111. The van der Waals surface area contributed by atoms with Crippen molar-refractivity contribution in [2.75, 3.05) is 39.2 Å². The summed E-state index contributed by atoms with van der Waals surface area (Å²) in [6.45, 7) is 1.58. The monoisotopic (exact) mass is 292 g/mol. The summed E-state index contributed by atoms with van der Waals surface area (Å²) in [5, 5.41) is 2.82. The van der Waals surface area contributed by atoms with Crippen molar-refractivity contribution in [2.24, 2.45) is 0 Å². The Bertz CT molecular complexity index is 498. The topological polar surface area (TPSA) is 67.9 Å². The average Bonchev–Trinajstić information content (AvgIpc) is 2.49. The summed E-state index contributed by atoms with van der Waals surface area (Å²) in [5.74, 6) is 1.39. The van der Waals surface area contributed by atoms with Crippen molar-refractivity contribution in [3.63, 3.8) is 0 Å². The van der Waals surface area contributed by atoms with Crippen molar-refractivity contribution >= 4 is 17.4 Å². The summed E-state index contributed by atoms with van der Waals surface area (Å²) in [6, 6.07) is 5.21. The predicted octanol–water partition coefficient (Wildman–Crippen LogP) is 1.31. The van der Waals surface area contributed by atoms with Crippen LogP contribution in [0.3, 0.4) is 0 Å². The zero-order chi connectivity index (χ0) is 15.2. The lowest BCUT2D eigenvalue weighted by atomic mass is 10.1. The highest BCUT2D eigenvalue weighted by molar-refractivity contribution is 5.92. The number of Topliss-reactive ketones (excluding diaryl/α,β-unsaturated/α-hetero) is 1. The first-order valence-corrected chi connectivity index (χ1v) is 6.87. The maximum Gasteiger partial charge on any atom is 0.238 e. The summed E-state index contributed by atoms with van der Waals surface area (Å²) in [7, 11) is 3.12. The summed E-state index contributed by atoms with van der Waals surface area (Å²) in [4.78, 5) is 25.2. The van der Waals surface area contributed by atoms with Gasteiger partial charge in [-0.25, -0.2) is 0 Å². The number of amides is 1. The number of ether oxygens (including phenoxy) is 2. The zero-order valence-corrected chi connectivity index (χ0v) is 12.3. The van der Waals surface area contributed by atoms with Crippen molar-refractivity contribution < 1.29 is 19.1 Å². The maximum atomic E-state index is 12.0. The Hall–Kier alpha value is -2.08. The molecule has 1 aliphatic rings. The van der Waals surface area contributed by atoms with E-state index in [4.69, 9.17) is 9.47 Å². The van der Waals surface area contributed by atoms with Crippen LogP contribution >= 0.6 is 0 Å². The molecule has 21 heavy (non-hydrogen) atoms. The van der Waals surface area contributed by atoms with Crippen LogP contribution in [0.1, 0.15) is 12.8 Å². The van der Waals surface area contributed by atoms with Crippen LogP contribution < -0.4 is 14.8 Å². The van der Waals surface area contributed by atoms with E-state index in [-0.39, 0.29) is 18.2 Å². The van der Waals surface area contributed by atoms with Gasteiger partial charge in [0.05, 0.1) is 20.8 Å². The van der Waals surface area contributed by atoms with Gasteiger partial charge in [-0.15, -0.1) is 0 Å².